The van der Waals surface area contributed by atoms with Gasteiger partial charge in [0.05, 0.1) is 12.4 Å². The van der Waals surface area contributed by atoms with Crippen LogP contribution in [0.5, 0.6) is 0 Å². The Bertz CT molecular complexity index is 848. The van der Waals surface area contributed by atoms with E-state index < -0.39 is 0 Å². The zero-order valence-corrected chi connectivity index (χ0v) is 16.1. The van der Waals surface area contributed by atoms with Crippen LogP contribution in [-0.4, -0.2) is 53.6 Å². The number of carbonyl (C=O) groups is 1. The molecular weight excluding hydrogens is 370 g/mol. The highest BCUT2D eigenvalue weighted by Gasteiger charge is 2.08. The van der Waals surface area contributed by atoms with Gasteiger partial charge in [-0.05, 0) is 18.1 Å². The minimum absolute atomic E-state index is 0.000988. The summed E-state index contributed by atoms with van der Waals surface area (Å²) in [5.41, 5.74) is 2.33. The van der Waals surface area contributed by atoms with E-state index in [1.807, 2.05) is 18.3 Å². The van der Waals surface area contributed by atoms with Crippen LogP contribution in [-0.2, 0) is 16.0 Å². The van der Waals surface area contributed by atoms with Crippen LogP contribution < -0.4 is 10.6 Å². The number of para-hydroxylation sites is 1. The van der Waals surface area contributed by atoms with Crippen molar-refractivity contribution in [2.45, 2.75) is 10.8 Å². The Morgan fingerprint density at radius 2 is 2.19 bits per heavy atom. The summed E-state index contributed by atoms with van der Waals surface area (Å²) in [6.45, 7) is 1.91. The molecule has 0 spiro atoms. The molecule has 0 unspecified atom stereocenters. The molecule has 1 aromatic carbocycles. The third-order valence-corrected chi connectivity index (χ3v) is 5.72. The van der Waals surface area contributed by atoms with Gasteiger partial charge in [0.15, 0.2) is 4.34 Å². The minimum atomic E-state index is -0.000988. The molecule has 0 aliphatic heterocycles. The summed E-state index contributed by atoms with van der Waals surface area (Å²) >= 11 is 2.83. The molecule has 3 rings (SSSR count). The molecule has 2 heterocycles. The van der Waals surface area contributed by atoms with Crippen LogP contribution in [0.3, 0.4) is 0 Å². The predicted molar refractivity (Wildman–Crippen MR) is 106 cm³/mol. The molecule has 0 radical (unpaired) electrons. The van der Waals surface area contributed by atoms with Crippen LogP contribution in [0.25, 0.3) is 10.9 Å². The maximum atomic E-state index is 12.0. The quantitative estimate of drug-likeness (QED) is 0.363. The fourth-order valence-electron chi connectivity index (χ4n) is 2.45. The van der Waals surface area contributed by atoms with Gasteiger partial charge < -0.3 is 20.4 Å². The average Bonchev–Trinajstić information content (AvgIpc) is 3.28. The lowest BCUT2D eigenvalue weighted by atomic mass is 10.1. The number of nitrogens with zero attached hydrogens (tertiary/aromatic N) is 2. The van der Waals surface area contributed by atoms with Gasteiger partial charge in [0.1, 0.15) is 0 Å². The number of thioether (sulfide) groups is 1. The molecule has 0 atom stereocenters. The monoisotopic (exact) mass is 391 g/mol. The predicted octanol–water partition coefficient (Wildman–Crippen LogP) is 2.53. The lowest BCUT2D eigenvalue weighted by Gasteiger charge is -2.03. The first kappa shape index (κ1) is 18.7. The number of fused-ring (bicyclic) bond motifs is 1. The van der Waals surface area contributed by atoms with Crippen molar-refractivity contribution in [3.8, 4) is 0 Å². The van der Waals surface area contributed by atoms with Crippen molar-refractivity contribution in [1.82, 2.24) is 20.5 Å². The second-order valence-electron chi connectivity index (χ2n) is 5.54. The zero-order chi connectivity index (χ0) is 18.2. The number of aromatic amines is 1. The van der Waals surface area contributed by atoms with Crippen LogP contribution in [0.2, 0.25) is 0 Å². The van der Waals surface area contributed by atoms with E-state index in [1.54, 1.807) is 7.11 Å². The summed E-state index contributed by atoms with van der Waals surface area (Å²) in [5.74, 6) is 0.333. The standard InChI is InChI=1S/C17H21N5O2S2/c1-24-9-8-19-16-21-22-17(26-16)25-11-15(23)18-7-6-12-10-20-14-5-3-2-4-13(12)14/h2-5,10,20H,6-9,11H2,1H3,(H,18,23)(H,19,21). The van der Waals surface area contributed by atoms with E-state index >= 15 is 0 Å². The van der Waals surface area contributed by atoms with Crippen LogP contribution in [0.4, 0.5) is 5.13 Å². The molecule has 0 aliphatic rings. The molecule has 2 aromatic heterocycles. The third-order valence-electron chi connectivity index (χ3n) is 3.71. The Morgan fingerprint density at radius 3 is 3.08 bits per heavy atom. The van der Waals surface area contributed by atoms with Gasteiger partial charge in [0, 0.05) is 37.3 Å². The molecule has 0 saturated carbocycles. The van der Waals surface area contributed by atoms with Crippen LogP contribution >= 0.6 is 23.1 Å². The highest BCUT2D eigenvalue weighted by Crippen LogP contribution is 2.25. The Labute approximate surface area is 159 Å². The summed E-state index contributed by atoms with van der Waals surface area (Å²) in [6, 6.07) is 8.17. The number of anilines is 1. The topological polar surface area (TPSA) is 91.9 Å². The highest BCUT2D eigenvalue weighted by molar-refractivity contribution is 8.01. The molecule has 1 amide bonds. The Hall–Kier alpha value is -2.10. The summed E-state index contributed by atoms with van der Waals surface area (Å²) < 4.78 is 5.75. The minimum Gasteiger partial charge on any atom is -0.383 e. The lowest BCUT2D eigenvalue weighted by molar-refractivity contribution is -0.118. The molecule has 3 aromatic rings. The maximum absolute atomic E-state index is 12.0. The highest BCUT2D eigenvalue weighted by atomic mass is 32.2. The Balaban J connectivity index is 1.38. The first-order valence-electron chi connectivity index (χ1n) is 8.27. The van der Waals surface area contributed by atoms with Gasteiger partial charge in [-0.15, -0.1) is 10.2 Å². The maximum Gasteiger partial charge on any atom is 0.230 e. The van der Waals surface area contributed by atoms with Crippen molar-refractivity contribution in [2.24, 2.45) is 0 Å². The number of methoxy groups -OCH3 is 1. The van der Waals surface area contributed by atoms with Crippen molar-refractivity contribution in [1.29, 1.82) is 0 Å². The van der Waals surface area contributed by atoms with E-state index in [0.29, 0.717) is 25.4 Å². The van der Waals surface area contributed by atoms with E-state index in [0.717, 1.165) is 21.4 Å². The molecule has 138 valence electrons. The van der Waals surface area contributed by atoms with Crippen LogP contribution in [0.1, 0.15) is 5.56 Å². The van der Waals surface area contributed by atoms with Crippen LogP contribution in [0, 0.1) is 0 Å². The Kier molecular flexibility index (Phi) is 6.87. The molecule has 26 heavy (non-hydrogen) atoms. The average molecular weight is 392 g/mol. The largest absolute Gasteiger partial charge is 0.383 e. The van der Waals surface area contributed by atoms with Gasteiger partial charge in [-0.25, -0.2) is 0 Å². The number of H-pyrrole nitrogens is 1. The molecule has 9 heteroatoms. The zero-order valence-electron chi connectivity index (χ0n) is 14.4. The molecule has 0 aliphatic carbocycles. The van der Waals surface area contributed by atoms with Gasteiger partial charge in [-0.3, -0.25) is 4.79 Å². The van der Waals surface area contributed by atoms with Gasteiger partial charge in [-0.1, -0.05) is 41.3 Å². The summed E-state index contributed by atoms with van der Waals surface area (Å²) in [5, 5.41) is 16.1. The molecule has 0 bridgehead atoms. The molecule has 0 fully saturated rings. The first-order valence-corrected chi connectivity index (χ1v) is 10.1. The SMILES string of the molecule is COCCNc1nnc(SCC(=O)NCCc2c[nH]c3ccccc23)s1. The first-order chi connectivity index (χ1) is 12.8. The van der Waals surface area contributed by atoms with Crippen molar-refractivity contribution in [3.05, 3.63) is 36.0 Å². The number of rotatable bonds is 10. The van der Waals surface area contributed by atoms with Crippen molar-refractivity contribution < 1.29 is 9.53 Å². The third kappa shape index (κ3) is 5.20. The fraction of sp³-hybridized carbons (Fsp3) is 0.353. The number of aromatic nitrogens is 3. The number of amides is 1. The number of nitrogens with one attached hydrogen (secondary N) is 3. The van der Waals surface area contributed by atoms with E-state index in [4.69, 9.17) is 4.74 Å². The lowest BCUT2D eigenvalue weighted by Crippen LogP contribution is -2.27. The summed E-state index contributed by atoms with van der Waals surface area (Å²) in [6.07, 6.45) is 2.80. The molecule has 7 nitrogen and oxygen atoms in total. The van der Waals surface area contributed by atoms with E-state index in [1.165, 1.54) is 34.0 Å². The number of hydrogen-bond acceptors (Lipinski definition) is 7. The summed E-state index contributed by atoms with van der Waals surface area (Å²) in [7, 11) is 1.65. The van der Waals surface area contributed by atoms with E-state index in [9.17, 15) is 4.79 Å². The Morgan fingerprint density at radius 1 is 1.31 bits per heavy atom. The fourth-order valence-corrected chi connectivity index (χ4v) is 4.06. The number of benzene rings is 1. The van der Waals surface area contributed by atoms with Gasteiger partial charge in [-0.2, -0.15) is 0 Å². The number of hydrogen-bond donors (Lipinski definition) is 3. The van der Waals surface area contributed by atoms with Gasteiger partial charge in [0.2, 0.25) is 11.0 Å². The number of carbonyl (C=O) groups excluding carboxylic acids is 1. The van der Waals surface area contributed by atoms with Crippen molar-refractivity contribution >= 4 is 45.0 Å². The normalized spacial score (nSPS) is 11.0. The van der Waals surface area contributed by atoms with Crippen LogP contribution in [0.15, 0.2) is 34.8 Å². The molecule has 3 N–H and O–H groups in total. The van der Waals surface area contributed by atoms with E-state index in [-0.39, 0.29) is 5.91 Å². The van der Waals surface area contributed by atoms with E-state index in [2.05, 4.69) is 37.9 Å². The van der Waals surface area contributed by atoms with Crippen molar-refractivity contribution in [2.75, 3.05) is 37.9 Å². The number of ether oxygens (including phenoxy) is 1. The van der Waals surface area contributed by atoms with Gasteiger partial charge >= 0.3 is 0 Å². The smallest absolute Gasteiger partial charge is 0.230 e. The second-order valence-corrected chi connectivity index (χ2v) is 7.74. The second kappa shape index (κ2) is 9.56. The van der Waals surface area contributed by atoms with Gasteiger partial charge in [0.25, 0.3) is 0 Å². The molecule has 0 saturated heterocycles. The summed E-state index contributed by atoms with van der Waals surface area (Å²) in [4.78, 5) is 15.3. The molecular formula is C17H21N5O2S2. The van der Waals surface area contributed by atoms with Crippen molar-refractivity contribution in [3.63, 3.8) is 0 Å².